The smallest absolute Gasteiger partial charge is 0.338 e. The summed E-state index contributed by atoms with van der Waals surface area (Å²) in [5.74, 6) is -0.937. The Bertz CT molecular complexity index is 632. The van der Waals surface area contributed by atoms with E-state index >= 15 is 0 Å². The largest absolute Gasteiger partial charge is 0.452 e. The summed E-state index contributed by atoms with van der Waals surface area (Å²) in [5, 5.41) is 3.25. The van der Waals surface area contributed by atoms with Gasteiger partial charge in [-0.05, 0) is 29.8 Å². The Hall–Kier alpha value is -2.40. The summed E-state index contributed by atoms with van der Waals surface area (Å²) < 4.78 is 4.90. The van der Waals surface area contributed by atoms with Gasteiger partial charge >= 0.3 is 5.97 Å². The second-order valence-electron chi connectivity index (χ2n) is 4.22. The van der Waals surface area contributed by atoms with Crippen molar-refractivity contribution in [1.29, 1.82) is 0 Å². The van der Waals surface area contributed by atoms with Crippen LogP contribution in [0, 0.1) is 0 Å². The average Bonchev–Trinajstić information content (AvgIpc) is 2.51. The molecular weight excluding hydrogens is 292 g/mol. The summed E-state index contributed by atoms with van der Waals surface area (Å²) in [6, 6.07) is 10.2. The van der Waals surface area contributed by atoms with Gasteiger partial charge in [0, 0.05) is 24.0 Å². The molecule has 0 aliphatic heterocycles. The topological polar surface area (TPSA) is 68.3 Å². The fourth-order valence-electron chi connectivity index (χ4n) is 1.60. The molecule has 0 saturated heterocycles. The maximum Gasteiger partial charge on any atom is 0.338 e. The van der Waals surface area contributed by atoms with Crippen molar-refractivity contribution >= 4 is 23.5 Å². The van der Waals surface area contributed by atoms with Gasteiger partial charge in [-0.15, -0.1) is 0 Å². The highest BCUT2D eigenvalue weighted by Crippen LogP contribution is 2.10. The van der Waals surface area contributed by atoms with Crippen molar-refractivity contribution in [3.63, 3.8) is 0 Å². The first-order chi connectivity index (χ1) is 10.1. The molecule has 0 bridgehead atoms. The van der Waals surface area contributed by atoms with Gasteiger partial charge in [0.15, 0.2) is 6.61 Å². The number of carbonyl (C=O) groups is 2. The lowest BCUT2D eigenvalue weighted by Gasteiger charge is -2.07. The zero-order valence-electron chi connectivity index (χ0n) is 11.1. The lowest BCUT2D eigenvalue weighted by molar-refractivity contribution is -0.124. The Morgan fingerprint density at radius 3 is 2.67 bits per heavy atom. The summed E-state index contributed by atoms with van der Waals surface area (Å²) in [6.07, 6.45) is 2.96. The van der Waals surface area contributed by atoms with E-state index < -0.39 is 5.97 Å². The Morgan fingerprint density at radius 2 is 1.95 bits per heavy atom. The normalized spacial score (nSPS) is 9.95. The number of amides is 1. The number of ether oxygens (including phenoxy) is 1. The highest BCUT2D eigenvalue weighted by molar-refractivity contribution is 6.30. The summed E-state index contributed by atoms with van der Waals surface area (Å²) >= 11 is 5.84. The monoisotopic (exact) mass is 304 g/mol. The summed E-state index contributed by atoms with van der Waals surface area (Å²) in [7, 11) is 0. The van der Waals surface area contributed by atoms with E-state index in [0.717, 1.165) is 5.56 Å². The van der Waals surface area contributed by atoms with Crippen molar-refractivity contribution < 1.29 is 14.3 Å². The van der Waals surface area contributed by atoms with Gasteiger partial charge in [0.05, 0.1) is 5.56 Å². The Labute approximate surface area is 126 Å². The molecule has 5 nitrogen and oxygen atoms in total. The van der Waals surface area contributed by atoms with Crippen molar-refractivity contribution in [2.24, 2.45) is 0 Å². The number of esters is 1. The van der Waals surface area contributed by atoms with Crippen LogP contribution in [0.25, 0.3) is 0 Å². The standard InChI is InChI=1S/C15H13ClN2O3/c16-13-3-1-2-11(8-13)9-18-14(19)10-21-15(20)12-4-6-17-7-5-12/h1-8H,9-10H2,(H,18,19). The van der Waals surface area contributed by atoms with Gasteiger partial charge in [-0.1, -0.05) is 23.7 Å². The number of hydrogen-bond donors (Lipinski definition) is 1. The average molecular weight is 305 g/mol. The predicted octanol–water partition coefficient (Wildman–Crippen LogP) is 2.21. The zero-order chi connectivity index (χ0) is 15.1. The van der Waals surface area contributed by atoms with Crippen LogP contribution in [-0.2, 0) is 16.1 Å². The Morgan fingerprint density at radius 1 is 1.19 bits per heavy atom. The van der Waals surface area contributed by atoms with Crippen LogP contribution in [0.4, 0.5) is 0 Å². The molecule has 1 aromatic heterocycles. The van der Waals surface area contributed by atoms with Gasteiger partial charge in [-0.3, -0.25) is 9.78 Å². The number of halogens is 1. The first-order valence-electron chi connectivity index (χ1n) is 6.23. The van der Waals surface area contributed by atoms with Gasteiger partial charge in [-0.25, -0.2) is 4.79 Å². The van der Waals surface area contributed by atoms with E-state index in [1.54, 1.807) is 18.2 Å². The number of aromatic nitrogens is 1. The Balaban J connectivity index is 1.76. The minimum atomic E-state index is -0.560. The first kappa shape index (κ1) is 15.0. The molecule has 2 rings (SSSR count). The summed E-state index contributed by atoms with van der Waals surface area (Å²) in [4.78, 5) is 27.0. The molecule has 108 valence electrons. The number of pyridine rings is 1. The van der Waals surface area contributed by atoms with E-state index in [1.807, 2.05) is 6.07 Å². The van der Waals surface area contributed by atoms with Crippen LogP contribution in [0.2, 0.25) is 5.02 Å². The molecule has 0 aliphatic rings. The number of nitrogens with zero attached hydrogens (tertiary/aromatic N) is 1. The van der Waals surface area contributed by atoms with E-state index in [4.69, 9.17) is 16.3 Å². The molecule has 21 heavy (non-hydrogen) atoms. The second kappa shape index (κ2) is 7.40. The molecular formula is C15H13ClN2O3. The van der Waals surface area contributed by atoms with Crippen LogP contribution in [0.3, 0.4) is 0 Å². The molecule has 2 aromatic rings. The predicted molar refractivity (Wildman–Crippen MR) is 77.8 cm³/mol. The fraction of sp³-hybridized carbons (Fsp3) is 0.133. The van der Waals surface area contributed by atoms with Crippen LogP contribution >= 0.6 is 11.6 Å². The third-order valence-electron chi connectivity index (χ3n) is 2.63. The van der Waals surface area contributed by atoms with Crippen LogP contribution in [-0.4, -0.2) is 23.5 Å². The van der Waals surface area contributed by atoms with Crippen molar-refractivity contribution in [2.75, 3.05) is 6.61 Å². The molecule has 0 unspecified atom stereocenters. The van der Waals surface area contributed by atoms with Crippen LogP contribution in [0.15, 0.2) is 48.8 Å². The highest BCUT2D eigenvalue weighted by atomic mass is 35.5. The maximum absolute atomic E-state index is 11.6. The number of benzene rings is 1. The van der Waals surface area contributed by atoms with E-state index in [1.165, 1.54) is 24.5 Å². The molecule has 0 saturated carbocycles. The number of rotatable bonds is 5. The molecule has 1 amide bonds. The molecule has 1 aromatic carbocycles. The Kier molecular flexibility index (Phi) is 5.29. The molecule has 0 radical (unpaired) electrons. The fourth-order valence-corrected chi connectivity index (χ4v) is 1.81. The molecule has 1 heterocycles. The summed E-state index contributed by atoms with van der Waals surface area (Å²) in [6.45, 7) is -0.00603. The zero-order valence-corrected chi connectivity index (χ0v) is 11.8. The second-order valence-corrected chi connectivity index (χ2v) is 4.66. The highest BCUT2D eigenvalue weighted by Gasteiger charge is 2.09. The SMILES string of the molecule is O=C(COC(=O)c1ccncc1)NCc1cccc(Cl)c1. The minimum absolute atomic E-state index is 0.326. The van der Waals surface area contributed by atoms with Crippen molar-refractivity contribution in [3.8, 4) is 0 Å². The van der Waals surface area contributed by atoms with Crippen LogP contribution < -0.4 is 5.32 Å². The van der Waals surface area contributed by atoms with Gasteiger partial charge in [0.1, 0.15) is 0 Å². The lowest BCUT2D eigenvalue weighted by atomic mass is 10.2. The van der Waals surface area contributed by atoms with Crippen molar-refractivity contribution in [1.82, 2.24) is 10.3 Å². The van der Waals surface area contributed by atoms with E-state index in [0.29, 0.717) is 17.1 Å². The third kappa shape index (κ3) is 4.89. The molecule has 0 fully saturated rings. The lowest BCUT2D eigenvalue weighted by Crippen LogP contribution is -2.28. The molecule has 0 aliphatic carbocycles. The number of nitrogens with one attached hydrogen (secondary N) is 1. The number of hydrogen-bond acceptors (Lipinski definition) is 4. The number of carbonyl (C=O) groups excluding carboxylic acids is 2. The maximum atomic E-state index is 11.6. The van der Waals surface area contributed by atoms with Crippen LogP contribution in [0.5, 0.6) is 0 Å². The molecule has 6 heteroatoms. The molecule has 1 N–H and O–H groups in total. The molecule has 0 spiro atoms. The molecule has 0 atom stereocenters. The first-order valence-corrected chi connectivity index (χ1v) is 6.61. The summed E-state index contributed by atoms with van der Waals surface area (Å²) in [5.41, 5.74) is 1.23. The minimum Gasteiger partial charge on any atom is -0.452 e. The van der Waals surface area contributed by atoms with Crippen molar-refractivity contribution in [3.05, 3.63) is 64.9 Å². The van der Waals surface area contributed by atoms with E-state index in [-0.39, 0.29) is 12.5 Å². The van der Waals surface area contributed by atoms with Crippen LogP contribution in [0.1, 0.15) is 15.9 Å². The van der Waals surface area contributed by atoms with E-state index in [9.17, 15) is 9.59 Å². The quantitative estimate of drug-likeness (QED) is 0.860. The van der Waals surface area contributed by atoms with E-state index in [2.05, 4.69) is 10.3 Å². The third-order valence-corrected chi connectivity index (χ3v) is 2.86. The van der Waals surface area contributed by atoms with Gasteiger partial charge in [-0.2, -0.15) is 0 Å². The van der Waals surface area contributed by atoms with Crippen molar-refractivity contribution in [2.45, 2.75) is 6.54 Å². The van der Waals surface area contributed by atoms with Gasteiger partial charge in [0.2, 0.25) is 0 Å². The van der Waals surface area contributed by atoms with Gasteiger partial charge in [0.25, 0.3) is 5.91 Å². The van der Waals surface area contributed by atoms with Gasteiger partial charge < -0.3 is 10.1 Å².